The summed E-state index contributed by atoms with van der Waals surface area (Å²) in [7, 11) is 3.05. The van der Waals surface area contributed by atoms with Crippen LogP contribution in [0.15, 0.2) is 24.3 Å². The summed E-state index contributed by atoms with van der Waals surface area (Å²) in [5.74, 6) is -0.103. The molecule has 0 radical (unpaired) electrons. The Morgan fingerprint density at radius 3 is 2.29 bits per heavy atom. The molecule has 0 amide bonds. The number of benzene rings is 1. The van der Waals surface area contributed by atoms with Gasteiger partial charge in [0.05, 0.1) is 7.11 Å². The molecule has 2 aromatic rings. The van der Waals surface area contributed by atoms with E-state index in [1.54, 1.807) is 56.7 Å². The second-order valence-electron chi connectivity index (χ2n) is 5.56. The molecule has 0 fully saturated rings. The molecule has 24 heavy (non-hydrogen) atoms. The van der Waals surface area contributed by atoms with Crippen LogP contribution in [0.4, 0.5) is 0 Å². The maximum atomic E-state index is 12.8. The Labute approximate surface area is 146 Å². The highest BCUT2D eigenvalue weighted by molar-refractivity contribution is 6.30. The highest BCUT2D eigenvalue weighted by Crippen LogP contribution is 2.25. The lowest BCUT2D eigenvalue weighted by Gasteiger charge is -2.14. The van der Waals surface area contributed by atoms with Crippen molar-refractivity contribution in [1.82, 2.24) is 4.57 Å². The van der Waals surface area contributed by atoms with E-state index in [4.69, 9.17) is 21.1 Å². The lowest BCUT2D eigenvalue weighted by molar-refractivity contribution is 0.0588. The van der Waals surface area contributed by atoms with Crippen LogP contribution >= 0.6 is 11.6 Å². The van der Waals surface area contributed by atoms with Gasteiger partial charge in [0.15, 0.2) is 6.10 Å². The Hall–Kier alpha value is -2.27. The number of methoxy groups -OCH3 is 1. The molecule has 0 N–H and O–H groups in total. The van der Waals surface area contributed by atoms with Gasteiger partial charge in [0.25, 0.3) is 0 Å². The molecule has 1 heterocycles. The highest BCUT2D eigenvalue weighted by atomic mass is 35.5. The summed E-state index contributed by atoms with van der Waals surface area (Å²) in [6.45, 7) is 5.21. The maximum Gasteiger partial charge on any atom is 0.354 e. The quantitative estimate of drug-likeness (QED) is 0.609. The molecule has 128 valence electrons. The summed E-state index contributed by atoms with van der Waals surface area (Å²) >= 11 is 5.84. The molecule has 1 aromatic heterocycles. The number of hydrogen-bond donors (Lipinski definition) is 0. The number of rotatable bonds is 5. The predicted octanol–water partition coefficient (Wildman–Crippen LogP) is 3.73. The van der Waals surface area contributed by atoms with Crippen LogP contribution in [-0.4, -0.2) is 29.5 Å². The number of esters is 1. The fourth-order valence-corrected chi connectivity index (χ4v) is 2.83. The molecule has 5 nitrogen and oxygen atoms in total. The van der Waals surface area contributed by atoms with Crippen LogP contribution in [0, 0.1) is 13.8 Å². The van der Waals surface area contributed by atoms with Crippen LogP contribution in [0.2, 0.25) is 5.02 Å². The summed E-state index contributed by atoms with van der Waals surface area (Å²) in [6, 6.07) is 6.80. The van der Waals surface area contributed by atoms with Crippen molar-refractivity contribution in [3.8, 4) is 5.75 Å². The number of nitrogens with zero attached hydrogens (tertiary/aromatic N) is 1. The van der Waals surface area contributed by atoms with E-state index in [-0.39, 0.29) is 5.78 Å². The number of carbonyl (C=O) groups excluding carboxylic acids is 2. The molecule has 0 aliphatic rings. The molecule has 0 unspecified atom stereocenters. The van der Waals surface area contributed by atoms with Crippen molar-refractivity contribution in [2.75, 3.05) is 7.11 Å². The Morgan fingerprint density at radius 1 is 1.17 bits per heavy atom. The van der Waals surface area contributed by atoms with Crippen molar-refractivity contribution in [3.05, 3.63) is 51.8 Å². The van der Waals surface area contributed by atoms with Crippen molar-refractivity contribution < 1.29 is 19.1 Å². The van der Waals surface area contributed by atoms with E-state index in [0.717, 1.165) is 0 Å². The zero-order valence-corrected chi connectivity index (χ0v) is 15.1. The molecule has 0 aliphatic carbocycles. The third-order valence-electron chi connectivity index (χ3n) is 4.05. The first kappa shape index (κ1) is 18.1. The molecule has 0 aliphatic heterocycles. The average molecular weight is 350 g/mol. The Kier molecular flexibility index (Phi) is 5.34. The number of carbonyl (C=O) groups is 2. The van der Waals surface area contributed by atoms with Crippen molar-refractivity contribution in [2.24, 2.45) is 7.05 Å². The van der Waals surface area contributed by atoms with Gasteiger partial charge >= 0.3 is 5.97 Å². The smallest absolute Gasteiger partial charge is 0.354 e. The van der Waals surface area contributed by atoms with E-state index in [1.165, 1.54) is 7.11 Å². The van der Waals surface area contributed by atoms with Gasteiger partial charge in [-0.15, -0.1) is 0 Å². The zero-order chi connectivity index (χ0) is 18.0. The van der Waals surface area contributed by atoms with E-state index in [9.17, 15) is 9.59 Å². The number of aromatic nitrogens is 1. The first-order chi connectivity index (χ1) is 11.3. The number of Topliss-reactive ketones (excluding diaryl/α,β-unsaturated/α-hetero) is 1. The Balaban J connectivity index is 2.32. The number of hydrogen-bond acceptors (Lipinski definition) is 4. The molecule has 0 spiro atoms. The van der Waals surface area contributed by atoms with Crippen LogP contribution < -0.4 is 4.74 Å². The van der Waals surface area contributed by atoms with Crippen molar-refractivity contribution >= 4 is 23.4 Å². The molecular weight excluding hydrogens is 330 g/mol. The predicted molar refractivity (Wildman–Crippen MR) is 92.1 cm³/mol. The summed E-state index contributed by atoms with van der Waals surface area (Å²) in [5, 5.41) is 0.596. The molecule has 1 atom stereocenters. The van der Waals surface area contributed by atoms with Gasteiger partial charge in [-0.3, -0.25) is 4.79 Å². The lowest BCUT2D eigenvalue weighted by atomic mass is 10.0. The minimum absolute atomic E-state index is 0.189. The van der Waals surface area contributed by atoms with E-state index in [0.29, 0.717) is 33.3 Å². The van der Waals surface area contributed by atoms with Crippen LogP contribution in [-0.2, 0) is 11.8 Å². The monoisotopic (exact) mass is 349 g/mol. The summed E-state index contributed by atoms with van der Waals surface area (Å²) < 4.78 is 12.2. The van der Waals surface area contributed by atoms with Gasteiger partial charge in [-0.25, -0.2) is 4.79 Å². The topological polar surface area (TPSA) is 57.5 Å². The zero-order valence-electron chi connectivity index (χ0n) is 14.3. The van der Waals surface area contributed by atoms with Gasteiger partial charge in [-0.2, -0.15) is 0 Å². The van der Waals surface area contributed by atoms with Gasteiger partial charge in [-0.05, 0) is 50.6 Å². The minimum Gasteiger partial charge on any atom is -0.483 e. The third-order valence-corrected chi connectivity index (χ3v) is 4.30. The minimum atomic E-state index is -0.698. The van der Waals surface area contributed by atoms with E-state index in [2.05, 4.69) is 0 Å². The second kappa shape index (κ2) is 7.09. The normalized spacial score (nSPS) is 11.9. The molecule has 0 bridgehead atoms. The van der Waals surface area contributed by atoms with Gasteiger partial charge in [-0.1, -0.05) is 11.6 Å². The van der Waals surface area contributed by atoms with Crippen LogP contribution in [0.5, 0.6) is 5.75 Å². The van der Waals surface area contributed by atoms with E-state index >= 15 is 0 Å². The first-order valence-corrected chi connectivity index (χ1v) is 7.86. The lowest BCUT2D eigenvalue weighted by Crippen LogP contribution is -2.25. The van der Waals surface area contributed by atoms with Crippen LogP contribution in [0.3, 0.4) is 0 Å². The summed E-state index contributed by atoms with van der Waals surface area (Å²) in [4.78, 5) is 24.8. The number of ether oxygens (including phenoxy) is 2. The van der Waals surface area contributed by atoms with E-state index in [1.807, 2.05) is 0 Å². The Bertz CT molecular complexity index is 777. The molecule has 1 aromatic carbocycles. The molecule has 6 heteroatoms. The van der Waals surface area contributed by atoms with Gasteiger partial charge < -0.3 is 14.0 Å². The fraction of sp³-hybridized carbons (Fsp3) is 0.333. The maximum absolute atomic E-state index is 12.8. The van der Waals surface area contributed by atoms with E-state index < -0.39 is 12.1 Å². The standard InChI is InChI=1S/C18H20ClNO4/c1-10-15(11(2)20(4)16(10)18(22)23-5)17(21)12(3)24-14-8-6-13(19)7-9-14/h6-9,12H,1-5H3/t12-/m1/s1. The second-order valence-corrected chi connectivity index (χ2v) is 6.00. The molecular formula is C18H20ClNO4. The van der Waals surface area contributed by atoms with Crippen molar-refractivity contribution in [2.45, 2.75) is 26.9 Å². The summed E-state index contributed by atoms with van der Waals surface area (Å²) in [5.41, 5.74) is 2.15. The fourth-order valence-electron chi connectivity index (χ4n) is 2.70. The van der Waals surface area contributed by atoms with Gasteiger partial charge in [0.2, 0.25) is 5.78 Å². The SMILES string of the molecule is COC(=O)c1c(C)c(C(=O)[C@@H](C)Oc2ccc(Cl)cc2)c(C)n1C. The molecule has 2 rings (SSSR count). The number of halogens is 1. The highest BCUT2D eigenvalue weighted by Gasteiger charge is 2.28. The Morgan fingerprint density at radius 2 is 1.75 bits per heavy atom. The molecule has 0 saturated carbocycles. The largest absolute Gasteiger partial charge is 0.483 e. The molecule has 0 saturated heterocycles. The third kappa shape index (κ3) is 3.31. The van der Waals surface area contributed by atoms with Crippen molar-refractivity contribution in [3.63, 3.8) is 0 Å². The van der Waals surface area contributed by atoms with Crippen LogP contribution in [0.1, 0.15) is 39.0 Å². The van der Waals surface area contributed by atoms with Gasteiger partial charge in [0, 0.05) is 23.3 Å². The van der Waals surface area contributed by atoms with Crippen LogP contribution in [0.25, 0.3) is 0 Å². The van der Waals surface area contributed by atoms with Crippen molar-refractivity contribution in [1.29, 1.82) is 0 Å². The summed E-state index contributed by atoms with van der Waals surface area (Å²) in [6.07, 6.45) is -0.698. The first-order valence-electron chi connectivity index (χ1n) is 7.48. The van der Waals surface area contributed by atoms with Gasteiger partial charge in [0.1, 0.15) is 11.4 Å². The number of ketones is 1. The average Bonchev–Trinajstić information content (AvgIpc) is 2.78.